The molecule has 2 heterocycles. The predicted octanol–water partition coefficient (Wildman–Crippen LogP) is 2.76. The molecule has 2 aromatic carbocycles. The molecule has 0 bridgehead atoms. The van der Waals surface area contributed by atoms with Gasteiger partial charge in [0.1, 0.15) is 5.75 Å². The Hall–Kier alpha value is -3.13. The summed E-state index contributed by atoms with van der Waals surface area (Å²) < 4.78 is 7.47. The van der Waals surface area contributed by atoms with Gasteiger partial charge in [-0.3, -0.25) is 14.6 Å². The van der Waals surface area contributed by atoms with E-state index in [-0.39, 0.29) is 11.5 Å². The Balaban J connectivity index is 2.09. The minimum Gasteiger partial charge on any atom is -0.493 e. The van der Waals surface area contributed by atoms with Crippen LogP contribution in [0.15, 0.2) is 58.5 Å². The third-order valence-corrected chi connectivity index (χ3v) is 5.36. The Morgan fingerprint density at radius 1 is 1.24 bits per heavy atom. The van der Waals surface area contributed by atoms with E-state index in [2.05, 4.69) is 10.1 Å². The third kappa shape index (κ3) is 3.19. The van der Waals surface area contributed by atoms with Crippen molar-refractivity contribution in [2.24, 2.45) is 0 Å². The van der Waals surface area contributed by atoms with E-state index in [1.165, 1.54) is 18.7 Å². The molecule has 0 unspecified atom stereocenters. The first kappa shape index (κ1) is 19.2. The number of ether oxygens (including phenoxy) is 1. The SMILES string of the molecule is CCOc1ccccc1[C@H]1N(C(C)=O)c2ccccc2-c2c(=O)[nH]c(SC)n[n+]21. The van der Waals surface area contributed by atoms with Crippen molar-refractivity contribution in [2.45, 2.75) is 25.2 Å². The van der Waals surface area contributed by atoms with E-state index >= 15 is 0 Å². The molecular weight excluding hydrogens is 388 g/mol. The maximum absolute atomic E-state index is 13.0. The number of fused-ring (bicyclic) bond motifs is 3. The summed E-state index contributed by atoms with van der Waals surface area (Å²) in [6.45, 7) is 3.91. The highest BCUT2D eigenvalue weighted by molar-refractivity contribution is 7.98. The van der Waals surface area contributed by atoms with Crippen LogP contribution in [0.2, 0.25) is 0 Å². The molecular formula is C21H21N4O3S+. The Morgan fingerprint density at radius 3 is 2.69 bits per heavy atom. The number of anilines is 1. The summed E-state index contributed by atoms with van der Waals surface area (Å²) in [4.78, 5) is 30.3. The minimum absolute atomic E-state index is 0.153. The Morgan fingerprint density at radius 2 is 1.97 bits per heavy atom. The van der Waals surface area contributed by atoms with E-state index in [1.807, 2.05) is 61.7 Å². The van der Waals surface area contributed by atoms with Gasteiger partial charge in [-0.05, 0) is 42.1 Å². The van der Waals surface area contributed by atoms with Crippen LogP contribution in [0.3, 0.4) is 0 Å². The van der Waals surface area contributed by atoms with E-state index in [0.29, 0.717) is 34.5 Å². The van der Waals surface area contributed by atoms with Gasteiger partial charge in [-0.25, -0.2) is 4.90 Å². The topological polar surface area (TPSA) is 79.2 Å². The normalized spacial score (nSPS) is 14.9. The lowest BCUT2D eigenvalue weighted by molar-refractivity contribution is -0.763. The zero-order chi connectivity index (χ0) is 20.5. The van der Waals surface area contributed by atoms with Crippen LogP contribution in [0.4, 0.5) is 5.69 Å². The quantitative estimate of drug-likeness (QED) is 0.530. The molecule has 7 nitrogen and oxygen atoms in total. The molecule has 0 aliphatic carbocycles. The number of carbonyl (C=O) groups excluding carboxylic acids is 1. The number of carbonyl (C=O) groups is 1. The number of aromatic nitrogens is 3. The molecule has 29 heavy (non-hydrogen) atoms. The molecule has 1 amide bonds. The van der Waals surface area contributed by atoms with Crippen LogP contribution in [-0.4, -0.2) is 28.9 Å². The lowest BCUT2D eigenvalue weighted by atomic mass is 10.0. The number of hydrogen-bond donors (Lipinski definition) is 1. The lowest BCUT2D eigenvalue weighted by Gasteiger charge is -2.31. The second kappa shape index (κ2) is 7.71. The van der Waals surface area contributed by atoms with Gasteiger partial charge in [0.25, 0.3) is 6.17 Å². The summed E-state index contributed by atoms with van der Waals surface area (Å²) in [5, 5.41) is 5.13. The zero-order valence-electron chi connectivity index (χ0n) is 16.4. The van der Waals surface area contributed by atoms with Crippen LogP contribution >= 0.6 is 11.8 Å². The first-order valence-corrected chi connectivity index (χ1v) is 10.5. The second-order valence-corrected chi connectivity index (χ2v) is 7.30. The van der Waals surface area contributed by atoms with Crippen molar-refractivity contribution in [1.82, 2.24) is 10.1 Å². The van der Waals surface area contributed by atoms with Gasteiger partial charge in [-0.1, -0.05) is 36.0 Å². The molecule has 0 fully saturated rings. The summed E-state index contributed by atoms with van der Waals surface area (Å²) in [6, 6.07) is 14.9. The monoisotopic (exact) mass is 409 g/mol. The highest BCUT2D eigenvalue weighted by Crippen LogP contribution is 2.39. The van der Waals surface area contributed by atoms with E-state index in [9.17, 15) is 9.59 Å². The summed E-state index contributed by atoms with van der Waals surface area (Å²) in [5.41, 5.74) is 2.25. The van der Waals surface area contributed by atoms with Crippen molar-refractivity contribution in [3.63, 3.8) is 0 Å². The molecule has 148 valence electrons. The van der Waals surface area contributed by atoms with E-state index in [1.54, 1.807) is 9.58 Å². The molecule has 1 atom stereocenters. The van der Waals surface area contributed by atoms with Gasteiger partial charge in [-0.2, -0.15) is 0 Å². The highest BCUT2D eigenvalue weighted by atomic mass is 32.2. The van der Waals surface area contributed by atoms with Gasteiger partial charge < -0.3 is 4.74 Å². The first-order valence-electron chi connectivity index (χ1n) is 9.27. The molecule has 1 aromatic heterocycles. The molecule has 4 rings (SSSR count). The fourth-order valence-electron chi connectivity index (χ4n) is 3.67. The van der Waals surface area contributed by atoms with Crippen molar-refractivity contribution in [3.8, 4) is 17.0 Å². The van der Waals surface area contributed by atoms with Crippen LogP contribution < -0.4 is 19.9 Å². The third-order valence-electron chi connectivity index (χ3n) is 4.79. The average molecular weight is 409 g/mol. The predicted molar refractivity (Wildman–Crippen MR) is 111 cm³/mol. The average Bonchev–Trinajstić information content (AvgIpc) is 2.73. The molecule has 0 saturated carbocycles. The number of amides is 1. The van der Waals surface area contributed by atoms with Crippen LogP contribution in [0.25, 0.3) is 11.3 Å². The van der Waals surface area contributed by atoms with Gasteiger partial charge in [0.2, 0.25) is 11.1 Å². The number of para-hydroxylation sites is 2. The number of nitrogens with zero attached hydrogens (tertiary/aromatic N) is 3. The van der Waals surface area contributed by atoms with Crippen LogP contribution in [0.5, 0.6) is 5.75 Å². The van der Waals surface area contributed by atoms with E-state index in [0.717, 1.165) is 5.56 Å². The molecule has 3 aromatic rings. The van der Waals surface area contributed by atoms with E-state index in [4.69, 9.17) is 4.74 Å². The fraction of sp³-hybridized carbons (Fsp3) is 0.238. The number of nitrogens with one attached hydrogen (secondary N) is 1. The summed E-state index contributed by atoms with van der Waals surface area (Å²) >= 11 is 1.34. The fourth-order valence-corrected chi connectivity index (χ4v) is 4.03. The largest absolute Gasteiger partial charge is 0.493 e. The number of aromatic amines is 1. The summed E-state index contributed by atoms with van der Waals surface area (Å²) in [6.07, 6.45) is 1.20. The van der Waals surface area contributed by atoms with Crippen molar-refractivity contribution in [1.29, 1.82) is 0 Å². The maximum atomic E-state index is 13.0. The smallest absolute Gasteiger partial charge is 0.325 e. The number of hydrogen-bond acceptors (Lipinski definition) is 5. The standard InChI is InChI=1S/C21H20N4O3S/c1-4-28-17-12-8-6-10-15(17)20-24(13(2)26)16-11-7-5-9-14(16)18-19(27)22-21(29-3)23-25(18)20/h5-12,20H,4H2,1-3H3/p+1/t20-/m0/s1. The molecule has 0 radical (unpaired) electrons. The highest BCUT2D eigenvalue weighted by Gasteiger charge is 2.45. The van der Waals surface area contributed by atoms with Crippen molar-refractivity contribution in [2.75, 3.05) is 17.8 Å². The molecule has 8 heteroatoms. The summed E-state index contributed by atoms with van der Waals surface area (Å²) in [7, 11) is 0. The number of benzene rings is 2. The Bertz CT molecular complexity index is 1140. The van der Waals surface area contributed by atoms with Crippen molar-refractivity contribution < 1.29 is 14.2 Å². The number of rotatable bonds is 4. The van der Waals surface area contributed by atoms with E-state index < -0.39 is 6.17 Å². The Labute approximate surface area is 172 Å². The minimum atomic E-state index is -0.645. The van der Waals surface area contributed by atoms with Gasteiger partial charge in [0.15, 0.2) is 0 Å². The summed E-state index contributed by atoms with van der Waals surface area (Å²) in [5.74, 6) is 0.497. The Kier molecular flexibility index (Phi) is 5.10. The van der Waals surface area contributed by atoms with Gasteiger partial charge >= 0.3 is 11.3 Å². The lowest BCUT2D eigenvalue weighted by Crippen LogP contribution is -2.60. The van der Waals surface area contributed by atoms with Gasteiger partial charge in [-0.15, -0.1) is 0 Å². The molecule has 0 saturated heterocycles. The van der Waals surface area contributed by atoms with Crippen LogP contribution in [-0.2, 0) is 4.79 Å². The molecule has 1 aliphatic heterocycles. The van der Waals surface area contributed by atoms with Crippen LogP contribution in [0.1, 0.15) is 25.6 Å². The van der Waals surface area contributed by atoms with Gasteiger partial charge in [0.05, 0.1) is 23.4 Å². The number of H-pyrrole nitrogens is 1. The first-order chi connectivity index (χ1) is 14.1. The molecule has 1 aliphatic rings. The van der Waals surface area contributed by atoms with Crippen molar-refractivity contribution >= 4 is 23.4 Å². The number of thioether (sulfide) groups is 1. The van der Waals surface area contributed by atoms with Gasteiger partial charge in [0, 0.05) is 12.0 Å². The zero-order valence-corrected chi connectivity index (χ0v) is 17.2. The molecule has 0 spiro atoms. The maximum Gasteiger partial charge on any atom is 0.325 e. The second-order valence-electron chi connectivity index (χ2n) is 6.51. The van der Waals surface area contributed by atoms with Crippen LogP contribution in [0, 0.1) is 0 Å². The van der Waals surface area contributed by atoms with Crippen molar-refractivity contribution in [3.05, 3.63) is 64.4 Å². The molecule has 1 N–H and O–H groups in total.